The molecular formula is C29H34Cl2N8. The maximum absolute atomic E-state index is 9.82. The van der Waals surface area contributed by atoms with E-state index in [1.807, 2.05) is 25.1 Å². The molecule has 0 unspecified atom stereocenters. The molecule has 0 radical (unpaired) electrons. The second kappa shape index (κ2) is 10.4. The van der Waals surface area contributed by atoms with Crippen LogP contribution in [0.15, 0.2) is 42.4 Å². The van der Waals surface area contributed by atoms with Crippen molar-refractivity contribution in [3.63, 3.8) is 0 Å². The zero-order valence-electron chi connectivity index (χ0n) is 22.9. The Labute approximate surface area is 239 Å². The van der Waals surface area contributed by atoms with Gasteiger partial charge in [-0.25, -0.2) is 4.98 Å². The Morgan fingerprint density at radius 2 is 2.00 bits per heavy atom. The van der Waals surface area contributed by atoms with Crippen molar-refractivity contribution in [3.8, 4) is 6.07 Å². The van der Waals surface area contributed by atoms with Gasteiger partial charge in [0.25, 0.3) is 0 Å². The van der Waals surface area contributed by atoms with Crippen LogP contribution in [0.25, 0.3) is 10.9 Å². The molecule has 4 N–H and O–H groups in total. The van der Waals surface area contributed by atoms with Gasteiger partial charge in [0, 0.05) is 47.8 Å². The second-order valence-electron chi connectivity index (χ2n) is 12.1. The average Bonchev–Trinajstić information content (AvgIpc) is 3.41. The Morgan fingerprint density at radius 3 is 2.67 bits per heavy atom. The monoisotopic (exact) mass is 564 g/mol. The Bertz CT molecular complexity index is 1480. The van der Waals surface area contributed by atoms with Gasteiger partial charge in [0.1, 0.15) is 11.2 Å². The lowest BCUT2D eigenvalue weighted by Crippen LogP contribution is -2.40. The van der Waals surface area contributed by atoms with E-state index in [4.69, 9.17) is 23.2 Å². The lowest BCUT2D eigenvalue weighted by atomic mass is 9.96. The van der Waals surface area contributed by atoms with Crippen molar-refractivity contribution in [3.05, 3.63) is 69.4 Å². The van der Waals surface area contributed by atoms with E-state index in [9.17, 15) is 5.26 Å². The number of hydrazine groups is 2. The fraction of sp³-hybridized carbons (Fsp3) is 0.414. The Balaban J connectivity index is 1.55. The molecule has 0 bridgehead atoms. The highest BCUT2D eigenvalue weighted by Gasteiger charge is 2.39. The molecule has 3 aromatic rings. The number of pyridine rings is 2. The lowest BCUT2D eigenvalue weighted by Gasteiger charge is -2.24. The summed E-state index contributed by atoms with van der Waals surface area (Å²) in [7, 11) is 0. The molecule has 0 amide bonds. The van der Waals surface area contributed by atoms with Gasteiger partial charge in [-0.2, -0.15) is 5.26 Å². The first kappa shape index (κ1) is 27.3. The van der Waals surface area contributed by atoms with Crippen LogP contribution in [0, 0.1) is 29.1 Å². The SMILES string of the molecule is Cc1nc(Cl)ccc1[C@H](Nc1cc(Cl)c2ncc(C#N)c(NCC(C)(C)C)c2c1)C1=CN(CC2(C)CC2)NN1. The van der Waals surface area contributed by atoms with Crippen LogP contribution in [0.5, 0.6) is 0 Å². The van der Waals surface area contributed by atoms with E-state index in [0.717, 1.165) is 40.3 Å². The van der Waals surface area contributed by atoms with Crippen LogP contribution in [-0.2, 0) is 0 Å². The van der Waals surface area contributed by atoms with Crippen LogP contribution < -0.4 is 21.6 Å². The molecule has 1 aromatic carbocycles. The van der Waals surface area contributed by atoms with Gasteiger partial charge < -0.3 is 16.1 Å². The largest absolute Gasteiger partial charge is 0.383 e. The molecule has 1 aliphatic carbocycles. The Kier molecular flexibility index (Phi) is 7.27. The van der Waals surface area contributed by atoms with Crippen LogP contribution in [0.4, 0.5) is 11.4 Å². The number of fused-ring (bicyclic) bond motifs is 1. The summed E-state index contributed by atoms with van der Waals surface area (Å²) in [6.45, 7) is 12.3. The van der Waals surface area contributed by atoms with Crippen molar-refractivity contribution in [1.29, 1.82) is 5.26 Å². The lowest BCUT2D eigenvalue weighted by molar-refractivity contribution is 0.226. The van der Waals surface area contributed by atoms with Crippen molar-refractivity contribution >= 4 is 45.5 Å². The number of nitriles is 1. The molecule has 2 aliphatic rings. The van der Waals surface area contributed by atoms with E-state index in [0.29, 0.717) is 33.2 Å². The highest BCUT2D eigenvalue weighted by atomic mass is 35.5. The number of nitrogens with zero attached hydrogens (tertiary/aromatic N) is 4. The summed E-state index contributed by atoms with van der Waals surface area (Å²) >= 11 is 13.0. The topological polar surface area (TPSA) is 101 Å². The van der Waals surface area contributed by atoms with Crippen LogP contribution in [-0.4, -0.2) is 28.1 Å². The van der Waals surface area contributed by atoms with Gasteiger partial charge in [-0.15, -0.1) is 5.53 Å². The molecule has 0 saturated heterocycles. The van der Waals surface area contributed by atoms with Crippen LogP contribution in [0.1, 0.15) is 63.4 Å². The zero-order chi connectivity index (χ0) is 27.9. The Morgan fingerprint density at radius 1 is 1.23 bits per heavy atom. The predicted molar refractivity (Wildman–Crippen MR) is 158 cm³/mol. The van der Waals surface area contributed by atoms with Crippen molar-refractivity contribution in [1.82, 2.24) is 25.9 Å². The van der Waals surface area contributed by atoms with Crippen LogP contribution >= 0.6 is 23.2 Å². The van der Waals surface area contributed by atoms with Gasteiger partial charge in [0.2, 0.25) is 0 Å². The molecule has 5 rings (SSSR count). The molecule has 3 heterocycles. The van der Waals surface area contributed by atoms with E-state index in [2.05, 4.69) is 76.5 Å². The first-order chi connectivity index (χ1) is 18.4. The third-order valence-electron chi connectivity index (χ3n) is 7.16. The zero-order valence-corrected chi connectivity index (χ0v) is 24.4. The maximum Gasteiger partial charge on any atom is 0.129 e. The summed E-state index contributed by atoms with van der Waals surface area (Å²) < 4.78 is 0. The summed E-state index contributed by atoms with van der Waals surface area (Å²) in [5, 5.41) is 20.8. The van der Waals surface area contributed by atoms with Crippen LogP contribution in [0.3, 0.4) is 0 Å². The number of nitrogens with one attached hydrogen (secondary N) is 4. The molecule has 2 aromatic heterocycles. The minimum atomic E-state index is -0.272. The minimum absolute atomic E-state index is 0.0171. The van der Waals surface area contributed by atoms with Gasteiger partial charge >= 0.3 is 0 Å². The third kappa shape index (κ3) is 6.17. The smallest absolute Gasteiger partial charge is 0.129 e. The first-order valence-corrected chi connectivity index (χ1v) is 13.9. The molecule has 1 aliphatic heterocycles. The molecule has 10 heteroatoms. The predicted octanol–water partition coefficient (Wildman–Crippen LogP) is 6.69. The highest BCUT2D eigenvalue weighted by Crippen LogP contribution is 2.45. The fourth-order valence-electron chi connectivity index (χ4n) is 4.69. The van der Waals surface area contributed by atoms with E-state index < -0.39 is 0 Å². The molecule has 1 fully saturated rings. The van der Waals surface area contributed by atoms with Crippen molar-refractivity contribution < 1.29 is 0 Å². The average molecular weight is 566 g/mol. The summed E-state index contributed by atoms with van der Waals surface area (Å²) in [5.74, 6) is 0. The van der Waals surface area contributed by atoms with Crippen LogP contribution in [0.2, 0.25) is 10.2 Å². The van der Waals surface area contributed by atoms with Crippen molar-refractivity contribution in [2.75, 3.05) is 23.7 Å². The number of halogens is 2. The maximum atomic E-state index is 9.82. The number of rotatable bonds is 8. The fourth-order valence-corrected chi connectivity index (χ4v) is 5.15. The molecule has 204 valence electrons. The number of benzene rings is 1. The van der Waals surface area contributed by atoms with E-state index in [-0.39, 0.29) is 11.5 Å². The minimum Gasteiger partial charge on any atom is -0.383 e. The normalized spacial score (nSPS) is 16.9. The number of aryl methyl sites for hydroxylation is 1. The van der Waals surface area contributed by atoms with Gasteiger partial charge in [0.15, 0.2) is 0 Å². The Hall–Kier alpha value is -3.25. The van der Waals surface area contributed by atoms with Gasteiger partial charge in [-0.3, -0.25) is 9.99 Å². The summed E-state index contributed by atoms with van der Waals surface area (Å²) in [4.78, 5) is 9.00. The molecule has 1 saturated carbocycles. The van der Waals surface area contributed by atoms with Crippen molar-refractivity contribution in [2.45, 2.75) is 53.5 Å². The molecule has 39 heavy (non-hydrogen) atoms. The third-order valence-corrected chi connectivity index (χ3v) is 7.66. The number of aromatic nitrogens is 2. The van der Waals surface area contributed by atoms with Gasteiger partial charge in [-0.1, -0.05) is 57.0 Å². The quantitative estimate of drug-likeness (QED) is 0.224. The first-order valence-electron chi connectivity index (χ1n) is 13.1. The van der Waals surface area contributed by atoms with E-state index in [1.54, 1.807) is 12.3 Å². The highest BCUT2D eigenvalue weighted by molar-refractivity contribution is 6.35. The van der Waals surface area contributed by atoms with Crippen molar-refractivity contribution in [2.24, 2.45) is 10.8 Å². The number of anilines is 2. The summed E-state index contributed by atoms with van der Waals surface area (Å²) in [6.07, 6.45) is 6.14. The number of hydrogen-bond donors (Lipinski definition) is 4. The molecule has 1 atom stereocenters. The second-order valence-corrected chi connectivity index (χ2v) is 12.9. The molecule has 8 nitrogen and oxygen atoms in total. The number of hydrogen-bond acceptors (Lipinski definition) is 8. The van der Waals surface area contributed by atoms with E-state index in [1.165, 1.54) is 12.8 Å². The van der Waals surface area contributed by atoms with Gasteiger partial charge in [-0.05, 0) is 48.8 Å². The molecule has 0 spiro atoms. The summed E-state index contributed by atoms with van der Waals surface area (Å²) in [6, 6.07) is 9.66. The van der Waals surface area contributed by atoms with Gasteiger partial charge in [0.05, 0.1) is 33.5 Å². The molecular weight excluding hydrogens is 531 g/mol. The summed E-state index contributed by atoms with van der Waals surface area (Å²) in [5.41, 5.74) is 12.4. The van der Waals surface area contributed by atoms with E-state index >= 15 is 0 Å². The standard InChI is InChI=1S/C29H34Cl2N8/c1-17-20(6-7-24(31)35-17)27(23-14-39(38-37-23)16-29(5)8-9-29)36-19-10-21-25(34-15-28(2,3)4)18(12-32)13-33-26(21)22(30)11-19/h6-7,10-11,13-14,27,36-38H,8-9,15-16H2,1-5H3,(H,33,34)/t27-/m0/s1.